The van der Waals surface area contributed by atoms with Crippen LogP contribution >= 0.6 is 11.6 Å². The van der Waals surface area contributed by atoms with Crippen LogP contribution < -0.4 is 14.9 Å². The number of benzene rings is 2. The molecule has 0 aliphatic heterocycles. The molecule has 0 unspecified atom stereocenters. The molecule has 0 radical (unpaired) electrons. The van der Waals surface area contributed by atoms with Crippen LogP contribution in [0.25, 0.3) is 0 Å². The minimum Gasteiger partial charge on any atom is -0.493 e. The van der Waals surface area contributed by atoms with Gasteiger partial charge in [-0.3, -0.25) is 4.79 Å². The number of hydrazone groups is 1. The van der Waals surface area contributed by atoms with E-state index in [2.05, 4.69) is 10.5 Å². The van der Waals surface area contributed by atoms with Crippen molar-refractivity contribution in [3.63, 3.8) is 0 Å². The Morgan fingerprint density at radius 2 is 1.95 bits per heavy atom. The first-order valence-corrected chi connectivity index (χ1v) is 6.83. The largest absolute Gasteiger partial charge is 0.493 e. The Morgan fingerprint density at radius 3 is 2.64 bits per heavy atom. The first-order valence-electron chi connectivity index (χ1n) is 6.45. The molecule has 0 aliphatic carbocycles. The molecule has 0 bridgehead atoms. The molecule has 22 heavy (non-hydrogen) atoms. The molecule has 2 aromatic carbocycles. The summed E-state index contributed by atoms with van der Waals surface area (Å²) in [5.74, 6) is 0.791. The molecule has 0 atom stereocenters. The number of halogens is 1. The van der Waals surface area contributed by atoms with Gasteiger partial charge >= 0.3 is 0 Å². The van der Waals surface area contributed by atoms with Crippen LogP contribution in [0.5, 0.6) is 11.5 Å². The van der Waals surface area contributed by atoms with Crippen LogP contribution in [-0.2, 0) is 0 Å². The van der Waals surface area contributed by atoms with E-state index in [1.807, 2.05) is 6.07 Å². The van der Waals surface area contributed by atoms with Crippen molar-refractivity contribution in [3.05, 3.63) is 58.6 Å². The highest BCUT2D eigenvalue weighted by Gasteiger charge is 2.08. The lowest BCUT2D eigenvalue weighted by Gasteiger charge is -2.09. The normalized spacial score (nSPS) is 10.5. The van der Waals surface area contributed by atoms with Crippen molar-refractivity contribution in [2.24, 2.45) is 5.10 Å². The molecular weight excluding hydrogens is 304 g/mol. The van der Waals surface area contributed by atoms with Gasteiger partial charge in [0.05, 0.1) is 20.4 Å². The standard InChI is InChI=1S/C16H15ClN2O3/c1-21-14-8-4-6-12(15(14)22-2)10-18-19-16(20)11-5-3-7-13(17)9-11/h3-10H,1-2H3,(H,19,20). The highest BCUT2D eigenvalue weighted by Crippen LogP contribution is 2.29. The Morgan fingerprint density at radius 1 is 1.18 bits per heavy atom. The summed E-state index contributed by atoms with van der Waals surface area (Å²) in [5.41, 5.74) is 3.56. The highest BCUT2D eigenvalue weighted by atomic mass is 35.5. The van der Waals surface area contributed by atoms with Crippen LogP contribution in [0.4, 0.5) is 0 Å². The molecule has 114 valence electrons. The van der Waals surface area contributed by atoms with Gasteiger partial charge in [0.25, 0.3) is 5.91 Å². The van der Waals surface area contributed by atoms with E-state index in [0.717, 1.165) is 0 Å². The lowest BCUT2D eigenvalue weighted by atomic mass is 10.2. The number of hydrogen-bond donors (Lipinski definition) is 1. The topological polar surface area (TPSA) is 59.9 Å². The molecule has 0 saturated heterocycles. The Kier molecular flexibility index (Phi) is 5.38. The zero-order chi connectivity index (χ0) is 15.9. The quantitative estimate of drug-likeness (QED) is 0.680. The van der Waals surface area contributed by atoms with E-state index in [1.54, 1.807) is 50.6 Å². The number of para-hydroxylation sites is 1. The van der Waals surface area contributed by atoms with Gasteiger partial charge < -0.3 is 9.47 Å². The summed E-state index contributed by atoms with van der Waals surface area (Å²) in [7, 11) is 3.10. The molecular formula is C16H15ClN2O3. The first kappa shape index (κ1) is 15.9. The van der Waals surface area contributed by atoms with Gasteiger partial charge in [0.1, 0.15) is 0 Å². The molecule has 2 aromatic rings. The van der Waals surface area contributed by atoms with Crippen LogP contribution in [0.3, 0.4) is 0 Å². The Bertz CT molecular complexity index is 702. The number of rotatable bonds is 5. The second kappa shape index (κ2) is 7.47. The van der Waals surface area contributed by atoms with Gasteiger partial charge in [-0.05, 0) is 30.3 Å². The number of ether oxygens (including phenoxy) is 2. The van der Waals surface area contributed by atoms with E-state index in [0.29, 0.717) is 27.6 Å². The summed E-state index contributed by atoms with van der Waals surface area (Å²) in [6.45, 7) is 0. The van der Waals surface area contributed by atoms with Crippen molar-refractivity contribution in [1.82, 2.24) is 5.43 Å². The smallest absolute Gasteiger partial charge is 0.271 e. The van der Waals surface area contributed by atoms with Crippen molar-refractivity contribution < 1.29 is 14.3 Å². The Balaban J connectivity index is 2.11. The summed E-state index contributed by atoms with van der Waals surface area (Å²) in [6.07, 6.45) is 1.49. The first-order chi connectivity index (χ1) is 10.7. The third-order valence-corrected chi connectivity index (χ3v) is 3.13. The molecule has 1 amide bonds. The van der Waals surface area contributed by atoms with Crippen molar-refractivity contribution in [1.29, 1.82) is 0 Å². The van der Waals surface area contributed by atoms with Gasteiger partial charge in [0.15, 0.2) is 11.5 Å². The van der Waals surface area contributed by atoms with E-state index < -0.39 is 0 Å². The average molecular weight is 319 g/mol. The van der Waals surface area contributed by atoms with Gasteiger partial charge in [0.2, 0.25) is 0 Å². The lowest BCUT2D eigenvalue weighted by molar-refractivity contribution is 0.0955. The van der Waals surface area contributed by atoms with Crippen molar-refractivity contribution >= 4 is 23.7 Å². The molecule has 1 N–H and O–H groups in total. The lowest BCUT2D eigenvalue weighted by Crippen LogP contribution is -2.17. The molecule has 2 rings (SSSR count). The Hall–Kier alpha value is -2.53. The van der Waals surface area contributed by atoms with Crippen molar-refractivity contribution in [2.45, 2.75) is 0 Å². The predicted octanol–water partition coefficient (Wildman–Crippen LogP) is 3.12. The predicted molar refractivity (Wildman–Crippen MR) is 86.1 cm³/mol. The van der Waals surface area contributed by atoms with Gasteiger partial charge in [-0.2, -0.15) is 5.10 Å². The number of amides is 1. The van der Waals surface area contributed by atoms with E-state index in [9.17, 15) is 4.79 Å². The van der Waals surface area contributed by atoms with Crippen LogP contribution in [0.15, 0.2) is 47.6 Å². The van der Waals surface area contributed by atoms with E-state index in [-0.39, 0.29) is 5.91 Å². The van der Waals surface area contributed by atoms with E-state index in [4.69, 9.17) is 21.1 Å². The summed E-state index contributed by atoms with van der Waals surface area (Å²) in [5, 5.41) is 4.42. The van der Waals surface area contributed by atoms with Crippen LogP contribution in [0, 0.1) is 0 Å². The van der Waals surface area contributed by atoms with E-state index >= 15 is 0 Å². The van der Waals surface area contributed by atoms with Gasteiger partial charge in [0, 0.05) is 16.1 Å². The van der Waals surface area contributed by atoms with Crippen LogP contribution in [-0.4, -0.2) is 26.3 Å². The second-order valence-electron chi connectivity index (χ2n) is 4.29. The summed E-state index contributed by atoms with van der Waals surface area (Å²) < 4.78 is 10.5. The summed E-state index contributed by atoms with van der Waals surface area (Å²) >= 11 is 5.84. The van der Waals surface area contributed by atoms with Crippen molar-refractivity contribution in [3.8, 4) is 11.5 Å². The van der Waals surface area contributed by atoms with Crippen LogP contribution in [0.1, 0.15) is 15.9 Å². The Labute approximate surface area is 133 Å². The maximum absolute atomic E-state index is 11.9. The van der Waals surface area contributed by atoms with E-state index in [1.165, 1.54) is 6.21 Å². The van der Waals surface area contributed by atoms with Gasteiger partial charge in [-0.15, -0.1) is 0 Å². The number of methoxy groups -OCH3 is 2. The number of carbonyl (C=O) groups excluding carboxylic acids is 1. The highest BCUT2D eigenvalue weighted by molar-refractivity contribution is 6.30. The number of hydrogen-bond acceptors (Lipinski definition) is 4. The number of nitrogens with zero attached hydrogens (tertiary/aromatic N) is 1. The third kappa shape index (κ3) is 3.77. The number of carbonyl (C=O) groups is 1. The molecule has 0 aliphatic rings. The SMILES string of the molecule is COc1cccc(C=NNC(=O)c2cccc(Cl)c2)c1OC. The maximum Gasteiger partial charge on any atom is 0.271 e. The molecule has 6 heteroatoms. The zero-order valence-corrected chi connectivity index (χ0v) is 12.9. The van der Waals surface area contributed by atoms with Gasteiger partial charge in [-0.1, -0.05) is 23.7 Å². The minimum absolute atomic E-state index is 0.347. The fourth-order valence-electron chi connectivity index (χ4n) is 1.87. The average Bonchev–Trinajstić information content (AvgIpc) is 2.54. The molecule has 0 fully saturated rings. The van der Waals surface area contributed by atoms with Crippen LogP contribution in [0.2, 0.25) is 5.02 Å². The number of nitrogens with one attached hydrogen (secondary N) is 1. The summed E-state index contributed by atoms with van der Waals surface area (Å²) in [6, 6.07) is 12.0. The summed E-state index contributed by atoms with van der Waals surface area (Å²) in [4.78, 5) is 11.9. The zero-order valence-electron chi connectivity index (χ0n) is 12.2. The fourth-order valence-corrected chi connectivity index (χ4v) is 2.06. The van der Waals surface area contributed by atoms with Gasteiger partial charge in [-0.25, -0.2) is 5.43 Å². The maximum atomic E-state index is 11.9. The molecule has 0 spiro atoms. The second-order valence-corrected chi connectivity index (χ2v) is 4.73. The molecule has 0 aromatic heterocycles. The molecule has 0 heterocycles. The monoisotopic (exact) mass is 318 g/mol. The molecule has 5 nitrogen and oxygen atoms in total. The van der Waals surface area contributed by atoms with Crippen molar-refractivity contribution in [2.75, 3.05) is 14.2 Å². The molecule has 0 saturated carbocycles. The minimum atomic E-state index is -0.347. The third-order valence-electron chi connectivity index (χ3n) is 2.89. The fraction of sp³-hybridized carbons (Fsp3) is 0.125.